The van der Waals surface area contributed by atoms with Gasteiger partial charge in [-0.15, -0.1) is 0 Å². The van der Waals surface area contributed by atoms with Crippen LogP contribution in [0, 0.1) is 24.0 Å². The van der Waals surface area contributed by atoms with Crippen LogP contribution in [-0.2, 0) is 4.74 Å². The first-order valence-electron chi connectivity index (χ1n) is 8.49. The number of nitrogens with zero attached hydrogens (tertiary/aromatic N) is 1. The quantitative estimate of drug-likeness (QED) is 0.318. The maximum atomic E-state index is 12.4. The Hall–Kier alpha value is -3.49. The zero-order valence-corrected chi connectivity index (χ0v) is 16.0. The van der Waals surface area contributed by atoms with E-state index in [1.54, 1.807) is 20.8 Å². The largest absolute Gasteiger partial charge is 0.487 e. The van der Waals surface area contributed by atoms with Gasteiger partial charge in [0.2, 0.25) is 5.78 Å². The lowest BCUT2D eigenvalue weighted by atomic mass is 10.1. The monoisotopic (exact) mass is 388 g/mol. The molecule has 0 amide bonds. The van der Waals surface area contributed by atoms with Crippen LogP contribution in [0.15, 0.2) is 18.2 Å². The molecule has 0 fully saturated rings. The molecule has 2 rings (SSSR count). The summed E-state index contributed by atoms with van der Waals surface area (Å²) < 4.78 is 10.1. The number of aromatic nitrogens is 1. The highest BCUT2D eigenvalue weighted by Gasteiger charge is 2.23. The fraction of sp³-hybridized carbons (Fsp3) is 0.316. The highest BCUT2D eigenvalue weighted by Crippen LogP contribution is 2.28. The Morgan fingerprint density at radius 2 is 1.89 bits per heavy atom. The van der Waals surface area contributed by atoms with Crippen molar-refractivity contribution in [3.05, 3.63) is 56.4 Å². The Morgan fingerprint density at radius 3 is 2.43 bits per heavy atom. The molecule has 0 saturated carbocycles. The van der Waals surface area contributed by atoms with Crippen molar-refractivity contribution in [2.45, 2.75) is 27.7 Å². The summed E-state index contributed by atoms with van der Waals surface area (Å²) in [6.07, 6.45) is 0. The summed E-state index contributed by atoms with van der Waals surface area (Å²) in [5.41, 5.74) is 1.21. The number of benzene rings is 1. The van der Waals surface area contributed by atoms with E-state index in [4.69, 9.17) is 9.47 Å². The number of nitro benzene ring substituents is 1. The Kier molecular flexibility index (Phi) is 6.29. The summed E-state index contributed by atoms with van der Waals surface area (Å²) >= 11 is 0. The van der Waals surface area contributed by atoms with E-state index in [0.29, 0.717) is 16.8 Å². The summed E-state index contributed by atoms with van der Waals surface area (Å²) in [4.78, 5) is 49.5. The number of hydrogen-bond acceptors (Lipinski definition) is 7. The van der Waals surface area contributed by atoms with Gasteiger partial charge in [0.05, 0.1) is 22.8 Å². The van der Waals surface area contributed by atoms with E-state index in [0.717, 1.165) is 6.07 Å². The molecule has 0 aliphatic carbocycles. The average molecular weight is 388 g/mol. The van der Waals surface area contributed by atoms with Gasteiger partial charge in [-0.1, -0.05) is 0 Å². The van der Waals surface area contributed by atoms with Crippen LogP contribution >= 0.6 is 0 Å². The first-order valence-corrected chi connectivity index (χ1v) is 8.49. The van der Waals surface area contributed by atoms with E-state index < -0.39 is 23.3 Å². The van der Waals surface area contributed by atoms with Gasteiger partial charge in [0.1, 0.15) is 0 Å². The molecule has 0 spiro atoms. The molecule has 0 bridgehead atoms. The van der Waals surface area contributed by atoms with Crippen LogP contribution in [0.2, 0.25) is 0 Å². The third-order valence-electron chi connectivity index (χ3n) is 4.09. The van der Waals surface area contributed by atoms with E-state index >= 15 is 0 Å². The SMILES string of the molecule is CCOc1ccc(C(=O)OCC(=O)c2[nH]c(C)c(C(C)=O)c2C)cc1[N+](=O)[O-]. The molecule has 0 atom stereocenters. The fourth-order valence-electron chi connectivity index (χ4n) is 2.91. The smallest absolute Gasteiger partial charge is 0.338 e. The maximum absolute atomic E-state index is 12.4. The molecule has 0 aliphatic rings. The summed E-state index contributed by atoms with van der Waals surface area (Å²) in [5.74, 6) is -1.53. The Bertz CT molecular complexity index is 959. The number of esters is 1. The normalized spacial score (nSPS) is 10.4. The summed E-state index contributed by atoms with van der Waals surface area (Å²) in [5, 5.41) is 11.1. The molecule has 1 aromatic carbocycles. The second-order valence-corrected chi connectivity index (χ2v) is 6.05. The van der Waals surface area contributed by atoms with E-state index in [1.807, 2.05) is 0 Å². The predicted molar refractivity (Wildman–Crippen MR) is 99.1 cm³/mol. The molecule has 0 radical (unpaired) electrons. The van der Waals surface area contributed by atoms with Crippen molar-refractivity contribution >= 4 is 23.2 Å². The molecule has 9 nitrogen and oxygen atoms in total. The Morgan fingerprint density at radius 1 is 1.21 bits per heavy atom. The lowest BCUT2D eigenvalue weighted by Crippen LogP contribution is -2.15. The van der Waals surface area contributed by atoms with Crippen molar-refractivity contribution in [2.75, 3.05) is 13.2 Å². The third kappa shape index (κ3) is 4.25. The zero-order chi connectivity index (χ0) is 21.0. The number of nitro groups is 1. The maximum Gasteiger partial charge on any atom is 0.338 e. The number of hydrogen-bond donors (Lipinski definition) is 1. The molecular formula is C19H20N2O7. The van der Waals surface area contributed by atoms with Gasteiger partial charge >= 0.3 is 11.7 Å². The molecule has 2 aromatic rings. The Labute approximate surface area is 160 Å². The van der Waals surface area contributed by atoms with E-state index in [-0.39, 0.29) is 35.1 Å². The van der Waals surface area contributed by atoms with Gasteiger partial charge in [-0.3, -0.25) is 19.7 Å². The summed E-state index contributed by atoms with van der Waals surface area (Å²) in [6.45, 7) is 6.04. The lowest BCUT2D eigenvalue weighted by Gasteiger charge is -2.07. The summed E-state index contributed by atoms with van der Waals surface area (Å²) in [6, 6.07) is 3.66. The molecule has 148 valence electrons. The minimum absolute atomic E-state index is 0.0365. The molecule has 28 heavy (non-hydrogen) atoms. The number of aromatic amines is 1. The van der Waals surface area contributed by atoms with Crippen LogP contribution in [0.1, 0.15) is 56.3 Å². The molecule has 1 aromatic heterocycles. The first kappa shape index (κ1) is 20.8. The standard InChI is InChI=1S/C19H20N2O7/c1-5-27-16-7-6-13(8-14(16)21(25)26)19(24)28-9-15(23)18-10(2)17(12(4)22)11(3)20-18/h6-8,20H,5,9H2,1-4H3. The highest BCUT2D eigenvalue weighted by molar-refractivity contribution is 6.04. The first-order chi connectivity index (χ1) is 13.2. The van der Waals surface area contributed by atoms with Gasteiger partial charge < -0.3 is 14.5 Å². The summed E-state index contributed by atoms with van der Waals surface area (Å²) in [7, 11) is 0. The fourth-order valence-corrected chi connectivity index (χ4v) is 2.91. The number of H-pyrrole nitrogens is 1. The number of carbonyl (C=O) groups is 3. The highest BCUT2D eigenvalue weighted by atomic mass is 16.6. The van der Waals surface area contributed by atoms with E-state index in [2.05, 4.69) is 4.98 Å². The van der Waals surface area contributed by atoms with Gasteiger partial charge in [-0.2, -0.15) is 0 Å². The number of rotatable bonds is 8. The third-order valence-corrected chi connectivity index (χ3v) is 4.09. The van der Waals surface area contributed by atoms with Crippen molar-refractivity contribution in [3.63, 3.8) is 0 Å². The van der Waals surface area contributed by atoms with Crippen LogP contribution in [0.3, 0.4) is 0 Å². The van der Waals surface area contributed by atoms with Crippen molar-refractivity contribution in [3.8, 4) is 5.75 Å². The van der Waals surface area contributed by atoms with Crippen molar-refractivity contribution in [1.29, 1.82) is 0 Å². The van der Waals surface area contributed by atoms with E-state index in [1.165, 1.54) is 19.1 Å². The van der Waals surface area contributed by atoms with Crippen LogP contribution < -0.4 is 4.74 Å². The minimum atomic E-state index is -0.882. The molecule has 0 aliphatic heterocycles. The van der Waals surface area contributed by atoms with Crippen molar-refractivity contribution in [1.82, 2.24) is 4.98 Å². The van der Waals surface area contributed by atoms with Gasteiger partial charge in [-0.05, 0) is 45.4 Å². The average Bonchev–Trinajstić information content (AvgIpc) is 2.94. The van der Waals surface area contributed by atoms with Crippen LogP contribution in [0.25, 0.3) is 0 Å². The van der Waals surface area contributed by atoms with Crippen molar-refractivity contribution in [2.24, 2.45) is 0 Å². The van der Waals surface area contributed by atoms with Gasteiger partial charge in [0, 0.05) is 17.3 Å². The molecule has 9 heteroatoms. The number of nitrogens with one attached hydrogen (secondary N) is 1. The molecule has 1 heterocycles. The molecule has 0 saturated heterocycles. The zero-order valence-electron chi connectivity index (χ0n) is 16.0. The van der Waals surface area contributed by atoms with Crippen LogP contribution in [0.5, 0.6) is 5.75 Å². The van der Waals surface area contributed by atoms with E-state index in [9.17, 15) is 24.5 Å². The number of Topliss-reactive ketones (excluding diaryl/α,β-unsaturated/α-hetero) is 2. The number of ketones is 2. The van der Waals surface area contributed by atoms with Crippen LogP contribution in [-0.4, -0.2) is 40.7 Å². The predicted octanol–water partition coefficient (Wildman–Crippen LogP) is 3.18. The number of aryl methyl sites for hydroxylation is 1. The van der Waals surface area contributed by atoms with Gasteiger partial charge in [0.15, 0.2) is 18.1 Å². The topological polar surface area (TPSA) is 129 Å². The lowest BCUT2D eigenvalue weighted by molar-refractivity contribution is -0.385. The van der Waals surface area contributed by atoms with Gasteiger partial charge in [0.25, 0.3) is 0 Å². The molecule has 0 unspecified atom stereocenters. The number of ether oxygens (including phenoxy) is 2. The second kappa shape index (κ2) is 8.47. The molecular weight excluding hydrogens is 368 g/mol. The van der Waals surface area contributed by atoms with Gasteiger partial charge in [-0.25, -0.2) is 4.79 Å². The Balaban J connectivity index is 2.15. The van der Waals surface area contributed by atoms with Crippen molar-refractivity contribution < 1.29 is 28.8 Å². The minimum Gasteiger partial charge on any atom is -0.487 e. The van der Waals surface area contributed by atoms with Crippen LogP contribution in [0.4, 0.5) is 5.69 Å². The second-order valence-electron chi connectivity index (χ2n) is 6.05. The number of carbonyl (C=O) groups excluding carboxylic acids is 3. The molecule has 1 N–H and O–H groups in total.